The number of ether oxygens (including phenoxy) is 1. The summed E-state index contributed by atoms with van der Waals surface area (Å²) in [5, 5.41) is 0. The van der Waals surface area contributed by atoms with Crippen molar-refractivity contribution < 1.29 is 14.3 Å². The molecule has 0 N–H and O–H groups in total. The van der Waals surface area contributed by atoms with Crippen LogP contribution in [0.25, 0.3) is 0 Å². The quantitative estimate of drug-likeness (QED) is 0.787. The maximum atomic E-state index is 13.6. The van der Waals surface area contributed by atoms with E-state index in [0.29, 0.717) is 12.5 Å². The van der Waals surface area contributed by atoms with Crippen molar-refractivity contribution in [3.05, 3.63) is 28.8 Å². The molecular weight excluding hydrogens is 314 g/mol. The zero-order chi connectivity index (χ0) is 17.9. The first-order valence-corrected chi connectivity index (χ1v) is 9.52. The molecule has 0 spiro atoms. The maximum absolute atomic E-state index is 13.6. The summed E-state index contributed by atoms with van der Waals surface area (Å²) in [6.07, 6.45) is 2.82. The number of carbonyl (C=O) groups is 2. The highest BCUT2D eigenvalue weighted by molar-refractivity contribution is 6.00. The molecule has 2 bridgehead atoms. The monoisotopic (exact) mass is 341 g/mol. The van der Waals surface area contributed by atoms with Gasteiger partial charge in [0.15, 0.2) is 0 Å². The number of hydrogen-bond donors (Lipinski definition) is 0. The van der Waals surface area contributed by atoms with Crippen LogP contribution in [0.5, 0.6) is 0 Å². The SMILES string of the molecule is CCCN(C(=O)[C@H]1[C@@H]2C[C@@H]3[C@H]1C(=O)O[C@@H]3C2)c1c(C)cc(C)cc1C. The van der Waals surface area contributed by atoms with Gasteiger partial charge in [0, 0.05) is 18.2 Å². The third-order valence-electron chi connectivity index (χ3n) is 6.39. The predicted molar refractivity (Wildman–Crippen MR) is 96.4 cm³/mol. The van der Waals surface area contributed by atoms with Crippen molar-refractivity contribution in [1.29, 1.82) is 0 Å². The van der Waals surface area contributed by atoms with E-state index in [1.807, 2.05) is 4.90 Å². The van der Waals surface area contributed by atoms with Crippen LogP contribution in [0.4, 0.5) is 5.69 Å². The van der Waals surface area contributed by atoms with E-state index < -0.39 is 0 Å². The minimum atomic E-state index is -0.207. The summed E-state index contributed by atoms with van der Waals surface area (Å²) in [4.78, 5) is 27.8. The van der Waals surface area contributed by atoms with Crippen LogP contribution in [-0.4, -0.2) is 24.5 Å². The van der Waals surface area contributed by atoms with Crippen molar-refractivity contribution in [3.63, 3.8) is 0 Å². The van der Waals surface area contributed by atoms with Gasteiger partial charge in [-0.05, 0) is 57.1 Å². The molecule has 1 saturated heterocycles. The first-order chi connectivity index (χ1) is 11.9. The van der Waals surface area contributed by atoms with Gasteiger partial charge in [-0.3, -0.25) is 9.59 Å². The molecule has 4 nitrogen and oxygen atoms in total. The van der Waals surface area contributed by atoms with Crippen LogP contribution in [0, 0.1) is 44.4 Å². The van der Waals surface area contributed by atoms with Gasteiger partial charge in [0.25, 0.3) is 0 Å². The molecule has 3 fully saturated rings. The molecule has 3 aliphatic rings. The van der Waals surface area contributed by atoms with Crippen LogP contribution in [-0.2, 0) is 14.3 Å². The molecule has 0 unspecified atom stereocenters. The third kappa shape index (κ3) is 2.41. The Balaban J connectivity index is 1.70. The van der Waals surface area contributed by atoms with E-state index in [4.69, 9.17) is 4.74 Å². The van der Waals surface area contributed by atoms with Gasteiger partial charge >= 0.3 is 5.97 Å². The first-order valence-electron chi connectivity index (χ1n) is 9.52. The zero-order valence-corrected chi connectivity index (χ0v) is 15.5. The molecule has 0 aromatic heterocycles. The minimum Gasteiger partial charge on any atom is -0.462 e. The molecule has 25 heavy (non-hydrogen) atoms. The summed E-state index contributed by atoms with van der Waals surface area (Å²) in [6.45, 7) is 9.03. The van der Waals surface area contributed by atoms with E-state index in [0.717, 1.165) is 36.1 Å². The fourth-order valence-electron chi connectivity index (χ4n) is 5.68. The number of benzene rings is 1. The minimum absolute atomic E-state index is 0.0778. The lowest BCUT2D eigenvalue weighted by Crippen LogP contribution is -2.43. The summed E-state index contributed by atoms with van der Waals surface area (Å²) >= 11 is 0. The van der Waals surface area contributed by atoms with Crippen LogP contribution in [0.1, 0.15) is 42.9 Å². The number of nitrogens with zero attached hydrogens (tertiary/aromatic N) is 1. The van der Waals surface area contributed by atoms with E-state index in [1.165, 1.54) is 5.56 Å². The Bertz CT molecular complexity index is 716. The van der Waals surface area contributed by atoms with Crippen molar-refractivity contribution in [3.8, 4) is 0 Å². The van der Waals surface area contributed by atoms with Crippen molar-refractivity contribution >= 4 is 17.6 Å². The Morgan fingerprint density at radius 3 is 2.52 bits per heavy atom. The second-order valence-electron chi connectivity index (χ2n) is 8.16. The fourth-order valence-corrected chi connectivity index (χ4v) is 5.68. The largest absolute Gasteiger partial charge is 0.462 e. The lowest BCUT2D eigenvalue weighted by Gasteiger charge is -2.32. The van der Waals surface area contributed by atoms with E-state index in [-0.39, 0.29) is 35.7 Å². The van der Waals surface area contributed by atoms with E-state index in [1.54, 1.807) is 0 Å². The Labute approximate surface area is 149 Å². The zero-order valence-electron chi connectivity index (χ0n) is 15.5. The van der Waals surface area contributed by atoms with Crippen LogP contribution < -0.4 is 4.90 Å². The summed E-state index contributed by atoms with van der Waals surface area (Å²) in [5.41, 5.74) is 4.51. The molecule has 1 aliphatic heterocycles. The number of esters is 1. The average Bonchev–Trinajstić information content (AvgIpc) is 3.14. The summed E-state index contributed by atoms with van der Waals surface area (Å²) in [5.74, 6) is 0.179. The first kappa shape index (κ1) is 16.6. The summed E-state index contributed by atoms with van der Waals surface area (Å²) in [7, 11) is 0. The highest BCUT2D eigenvalue weighted by Gasteiger charge is 2.64. The van der Waals surface area contributed by atoms with Gasteiger partial charge in [0.1, 0.15) is 6.10 Å². The number of carbonyl (C=O) groups excluding carboxylic acids is 2. The third-order valence-corrected chi connectivity index (χ3v) is 6.39. The number of fused-ring (bicyclic) bond motifs is 1. The molecule has 2 saturated carbocycles. The molecule has 134 valence electrons. The van der Waals surface area contributed by atoms with Crippen molar-refractivity contribution in [2.45, 2.75) is 53.1 Å². The number of hydrogen-bond acceptors (Lipinski definition) is 3. The lowest BCUT2D eigenvalue weighted by atomic mass is 9.79. The summed E-state index contributed by atoms with van der Waals surface area (Å²) in [6, 6.07) is 4.28. The molecule has 1 amide bonds. The highest BCUT2D eigenvalue weighted by atomic mass is 16.6. The van der Waals surface area contributed by atoms with Gasteiger partial charge in [0.2, 0.25) is 5.91 Å². The Morgan fingerprint density at radius 1 is 1.20 bits per heavy atom. The second-order valence-corrected chi connectivity index (χ2v) is 8.16. The standard InChI is InChI=1S/C21H27NO3/c1-5-6-22(19-12(3)7-11(2)8-13(19)4)20(23)17-14-9-15-16(10-14)25-21(24)18(15)17/h7-8,14-18H,5-6,9-10H2,1-4H3/t14-,15+,16-,17+,18-/m1/s1. The number of amides is 1. The average molecular weight is 341 g/mol. The highest BCUT2D eigenvalue weighted by Crippen LogP contribution is 2.58. The van der Waals surface area contributed by atoms with Gasteiger partial charge in [-0.15, -0.1) is 0 Å². The Kier molecular flexibility index (Phi) is 3.89. The predicted octanol–water partition coefficient (Wildman–Crippen LogP) is 3.55. The van der Waals surface area contributed by atoms with Crippen LogP contribution in [0.15, 0.2) is 12.1 Å². The molecule has 4 rings (SSSR count). The Hall–Kier alpha value is -1.84. The van der Waals surface area contributed by atoms with Crippen molar-refractivity contribution in [2.24, 2.45) is 23.7 Å². The van der Waals surface area contributed by atoms with Gasteiger partial charge in [0.05, 0.1) is 11.8 Å². The van der Waals surface area contributed by atoms with Gasteiger partial charge in [-0.2, -0.15) is 0 Å². The lowest BCUT2D eigenvalue weighted by molar-refractivity contribution is -0.145. The number of anilines is 1. The molecule has 2 aliphatic carbocycles. The molecule has 1 heterocycles. The van der Waals surface area contributed by atoms with Gasteiger partial charge < -0.3 is 9.64 Å². The van der Waals surface area contributed by atoms with E-state index in [9.17, 15) is 9.59 Å². The van der Waals surface area contributed by atoms with Gasteiger partial charge in [-0.25, -0.2) is 0 Å². The van der Waals surface area contributed by atoms with E-state index in [2.05, 4.69) is 39.8 Å². The molecule has 1 aromatic carbocycles. The molecular formula is C21H27NO3. The molecule has 4 heteroatoms. The van der Waals surface area contributed by atoms with Crippen LogP contribution >= 0.6 is 0 Å². The topological polar surface area (TPSA) is 46.6 Å². The Morgan fingerprint density at radius 2 is 1.88 bits per heavy atom. The molecule has 5 atom stereocenters. The van der Waals surface area contributed by atoms with Crippen LogP contribution in [0.3, 0.4) is 0 Å². The maximum Gasteiger partial charge on any atom is 0.310 e. The van der Waals surface area contributed by atoms with Gasteiger partial charge in [-0.1, -0.05) is 24.6 Å². The number of aryl methyl sites for hydroxylation is 3. The van der Waals surface area contributed by atoms with Crippen LogP contribution in [0.2, 0.25) is 0 Å². The summed E-state index contributed by atoms with van der Waals surface area (Å²) < 4.78 is 5.52. The molecule has 1 aromatic rings. The molecule has 0 radical (unpaired) electrons. The number of rotatable bonds is 4. The van der Waals surface area contributed by atoms with Crippen molar-refractivity contribution in [2.75, 3.05) is 11.4 Å². The smallest absolute Gasteiger partial charge is 0.310 e. The second kappa shape index (κ2) is 5.86. The van der Waals surface area contributed by atoms with Crippen molar-refractivity contribution in [1.82, 2.24) is 0 Å². The van der Waals surface area contributed by atoms with E-state index >= 15 is 0 Å². The fraction of sp³-hybridized carbons (Fsp3) is 0.619. The normalized spacial score (nSPS) is 32.2.